The van der Waals surface area contributed by atoms with E-state index in [2.05, 4.69) is 11.1 Å². The van der Waals surface area contributed by atoms with Crippen LogP contribution in [0, 0.1) is 11.6 Å². The minimum atomic E-state index is -4.93. The first-order valence-electron chi connectivity index (χ1n) is 19.5. The van der Waals surface area contributed by atoms with Crippen molar-refractivity contribution >= 4 is 79.6 Å². The van der Waals surface area contributed by atoms with Gasteiger partial charge in [0.25, 0.3) is 11.1 Å². The van der Waals surface area contributed by atoms with Gasteiger partial charge < -0.3 is 29.3 Å². The lowest BCUT2D eigenvalue weighted by molar-refractivity contribution is -0.140. The van der Waals surface area contributed by atoms with Crippen LogP contribution in [0.4, 0.5) is 43.9 Å². The fraction of sp³-hybridized carbons (Fsp3) is 0.302. The van der Waals surface area contributed by atoms with Gasteiger partial charge in [0.2, 0.25) is 11.8 Å². The maximum atomic E-state index is 13.8. The molecule has 2 saturated heterocycles. The Kier molecular flexibility index (Phi) is 18.1. The number of halogens is 11. The van der Waals surface area contributed by atoms with Gasteiger partial charge >= 0.3 is 12.4 Å². The number of aromatic nitrogens is 2. The molecule has 8 rings (SSSR count). The molecule has 0 aliphatic carbocycles. The molecule has 2 atom stereocenters. The van der Waals surface area contributed by atoms with Crippen LogP contribution in [-0.2, 0) is 35.0 Å². The second-order valence-electron chi connectivity index (χ2n) is 14.9. The highest BCUT2D eigenvalue weighted by atomic mass is 35.5. The summed E-state index contributed by atoms with van der Waals surface area (Å²) < 4.78 is 136. The van der Waals surface area contributed by atoms with Gasteiger partial charge in [-0.15, -0.1) is 35.1 Å². The summed E-state index contributed by atoms with van der Waals surface area (Å²) in [6.07, 6.45) is -7.77. The van der Waals surface area contributed by atoms with E-state index < -0.39 is 83.5 Å². The van der Waals surface area contributed by atoms with Gasteiger partial charge in [-0.1, -0.05) is 24.7 Å². The van der Waals surface area contributed by atoms with Gasteiger partial charge in [0.15, 0.2) is 6.29 Å². The standard InChI is InChI=1S/C21H16F5N3O3S.C21H15F5N2O3S.CH4.ClH.H3NO/c22-13-3-4-28(8-13)17(30)9-29-7-12(6-27-32)19-18(20(29)31)14(10-33-19)11-1-2-16(23)15(5-11)21(24,25)26;22-13-3-4-27(7-13)17(30)8-28-6-12(9-29)19-18(20(28)31)14(10-32-19)11-1-2-16(23)15(5-11)21(24,25)26;;;1-2/h1-2,5-7,10,13,32H,3-4,8-9H2;1-2,5-6,9-10,13H,3-4,7-8H2;1H4;1H;2H,1H2/b27-6+;;;;. The van der Waals surface area contributed by atoms with Crippen molar-refractivity contribution in [1.82, 2.24) is 18.9 Å². The Balaban J connectivity index is 0.000000282. The molecule has 4 N–H and O–H groups in total. The molecule has 0 bridgehead atoms. The summed E-state index contributed by atoms with van der Waals surface area (Å²) in [5.74, 6) is -0.407. The van der Waals surface area contributed by atoms with E-state index in [4.69, 9.17) is 10.4 Å². The summed E-state index contributed by atoms with van der Waals surface area (Å²) in [5.41, 5.74) is -3.87. The minimum absolute atomic E-state index is 0. The molecule has 6 aromatic rings. The van der Waals surface area contributed by atoms with E-state index in [1.54, 1.807) is 0 Å². The molecule has 2 amide bonds. The largest absolute Gasteiger partial charge is 0.419 e. The van der Waals surface area contributed by atoms with Crippen molar-refractivity contribution in [3.8, 4) is 22.3 Å². The number of benzene rings is 2. The maximum Gasteiger partial charge on any atom is 0.419 e. The van der Waals surface area contributed by atoms with E-state index in [0.717, 1.165) is 50.2 Å². The number of rotatable bonds is 8. The number of pyridine rings is 2. The third-order valence-corrected chi connectivity index (χ3v) is 12.8. The van der Waals surface area contributed by atoms with Crippen molar-refractivity contribution in [2.75, 3.05) is 26.2 Å². The predicted octanol–water partition coefficient (Wildman–Crippen LogP) is 8.93. The molecule has 4 aromatic heterocycles. The number of hydrogen-bond donors (Lipinski definition) is 3. The van der Waals surface area contributed by atoms with Crippen LogP contribution in [0.3, 0.4) is 0 Å². The van der Waals surface area contributed by atoms with Gasteiger partial charge in [-0.2, -0.15) is 26.3 Å². The Labute approximate surface area is 397 Å². The molecule has 2 aliphatic rings. The van der Waals surface area contributed by atoms with Gasteiger partial charge in [-0.25, -0.2) is 23.5 Å². The molecule has 0 saturated carbocycles. The van der Waals surface area contributed by atoms with Crippen LogP contribution in [0.5, 0.6) is 0 Å². The fourth-order valence-corrected chi connectivity index (χ4v) is 9.61. The fourth-order valence-electron chi connectivity index (χ4n) is 7.52. The summed E-state index contributed by atoms with van der Waals surface area (Å²) in [7, 11) is 0. The average Bonchev–Trinajstić information content (AvgIpc) is 4.11. The van der Waals surface area contributed by atoms with Crippen LogP contribution in [-0.4, -0.2) is 92.2 Å². The highest BCUT2D eigenvalue weighted by molar-refractivity contribution is 7.18. The topological polar surface area (TPSA) is 181 Å². The quantitative estimate of drug-likeness (QED) is 0.0444. The van der Waals surface area contributed by atoms with Gasteiger partial charge in [-0.05, 0) is 48.2 Å². The summed E-state index contributed by atoms with van der Waals surface area (Å²) in [6.45, 7) is -0.635. The molecule has 2 aromatic carbocycles. The number of likely N-dealkylation sites (tertiary alicyclic amines) is 2. The van der Waals surface area contributed by atoms with Gasteiger partial charge in [0, 0.05) is 58.5 Å². The van der Waals surface area contributed by atoms with Crippen LogP contribution in [0.2, 0.25) is 0 Å². The molecule has 13 nitrogen and oxygen atoms in total. The predicted molar refractivity (Wildman–Crippen MR) is 240 cm³/mol. The van der Waals surface area contributed by atoms with E-state index >= 15 is 0 Å². The molecule has 69 heavy (non-hydrogen) atoms. The highest BCUT2D eigenvalue weighted by Gasteiger charge is 2.36. The number of fused-ring (bicyclic) bond motifs is 2. The Bertz CT molecular complexity index is 3010. The Hall–Kier alpha value is -6.15. The van der Waals surface area contributed by atoms with E-state index in [9.17, 15) is 67.9 Å². The first kappa shape index (κ1) is 55.4. The van der Waals surface area contributed by atoms with Crippen LogP contribution in [0.25, 0.3) is 42.4 Å². The van der Waals surface area contributed by atoms with Crippen molar-refractivity contribution in [3.05, 3.63) is 114 Å². The molecule has 6 heterocycles. The summed E-state index contributed by atoms with van der Waals surface area (Å²) in [5, 5.41) is 21.3. The van der Waals surface area contributed by atoms with Crippen LogP contribution in [0.15, 0.2) is 74.3 Å². The second kappa shape index (κ2) is 22.5. The van der Waals surface area contributed by atoms with Crippen LogP contribution in [0.1, 0.15) is 47.3 Å². The maximum absolute atomic E-state index is 13.8. The molecule has 0 radical (unpaired) electrons. The molecule has 2 unspecified atom stereocenters. The summed E-state index contributed by atoms with van der Waals surface area (Å²) in [4.78, 5) is 65.5. The number of carbonyl (C=O) groups excluding carboxylic acids is 3. The van der Waals surface area contributed by atoms with Gasteiger partial charge in [-0.3, -0.25) is 24.0 Å². The second-order valence-corrected chi connectivity index (χ2v) is 16.7. The zero-order valence-electron chi connectivity index (χ0n) is 34.5. The third-order valence-electron chi connectivity index (χ3n) is 10.7. The number of aldehydes is 1. The highest BCUT2D eigenvalue weighted by Crippen LogP contribution is 2.40. The number of thiophene rings is 2. The molecule has 26 heteroatoms. The smallest absolute Gasteiger partial charge is 0.411 e. The molecule has 0 spiro atoms. The number of nitrogens with zero attached hydrogens (tertiary/aromatic N) is 5. The Morgan fingerprint density at radius 3 is 1.46 bits per heavy atom. The van der Waals surface area contributed by atoms with Crippen molar-refractivity contribution in [2.24, 2.45) is 11.1 Å². The number of nitrogens with two attached hydrogens (primary N) is 1. The number of carbonyl (C=O) groups is 3. The lowest BCUT2D eigenvalue weighted by Gasteiger charge is -2.16. The Morgan fingerprint density at radius 1 is 0.725 bits per heavy atom. The first-order chi connectivity index (χ1) is 31.7. The van der Waals surface area contributed by atoms with Crippen molar-refractivity contribution in [3.63, 3.8) is 0 Å². The zero-order valence-corrected chi connectivity index (χ0v) is 36.9. The number of hydrogen-bond acceptors (Lipinski definition) is 11. The van der Waals surface area contributed by atoms with E-state index in [1.807, 2.05) is 0 Å². The third kappa shape index (κ3) is 11.8. The van der Waals surface area contributed by atoms with Gasteiger partial charge in [0.1, 0.15) is 37.1 Å². The average molecular weight is 1040 g/mol. The monoisotopic (exact) mass is 1040 g/mol. The summed E-state index contributed by atoms with van der Waals surface area (Å²) in [6, 6.07) is 4.78. The first-order valence-corrected chi connectivity index (χ1v) is 21.2. The number of amides is 2. The van der Waals surface area contributed by atoms with Crippen LogP contribution < -0.4 is 17.0 Å². The van der Waals surface area contributed by atoms with E-state index in [1.165, 1.54) is 33.0 Å². The number of oxime groups is 1. The van der Waals surface area contributed by atoms with Gasteiger partial charge in [0.05, 0.1) is 50.6 Å². The van der Waals surface area contributed by atoms with E-state index in [0.29, 0.717) is 35.3 Å². The SMILES string of the molecule is C.Cl.NO.O=C(Cn1cc(/C=N/O)c2scc(-c3ccc(F)c(C(F)(F)F)c3)c2c1=O)N1CCC(F)C1.O=Cc1cn(CC(=O)N2CCC(F)C2)c(=O)c2c(-c3ccc(F)c(C(F)(F)F)c3)csc12. The van der Waals surface area contributed by atoms with Crippen molar-refractivity contribution < 1.29 is 68.7 Å². The lowest BCUT2D eigenvalue weighted by Crippen LogP contribution is -2.35. The lowest BCUT2D eigenvalue weighted by atomic mass is 10.0. The molecule has 2 fully saturated rings. The molecular weight excluding hydrogens is 1000 g/mol. The molecule has 2 aliphatic heterocycles. The molecule has 372 valence electrons. The number of alkyl halides is 8. The van der Waals surface area contributed by atoms with Crippen molar-refractivity contribution in [1.29, 1.82) is 0 Å². The molecular formula is C43H39ClF10N6O7S2. The Morgan fingerprint density at radius 2 is 1.12 bits per heavy atom. The van der Waals surface area contributed by atoms with Crippen LogP contribution >= 0.6 is 35.1 Å². The van der Waals surface area contributed by atoms with Crippen molar-refractivity contribution in [2.45, 2.75) is 58.1 Å². The van der Waals surface area contributed by atoms with E-state index in [-0.39, 0.29) is 108 Å². The zero-order chi connectivity index (χ0) is 49.1. The minimum Gasteiger partial charge on any atom is -0.411 e. The summed E-state index contributed by atoms with van der Waals surface area (Å²) >= 11 is 2.01. The normalized spacial score (nSPS) is 15.9.